The van der Waals surface area contributed by atoms with E-state index in [0.29, 0.717) is 24.3 Å². The Balaban J connectivity index is 2.90. The molecular formula is C14H23BrN2O2S. The predicted octanol–water partition coefficient (Wildman–Crippen LogP) is 3.24. The Kier molecular flexibility index (Phi) is 6.04. The van der Waals surface area contributed by atoms with Crippen molar-refractivity contribution >= 4 is 31.6 Å². The molecule has 0 spiro atoms. The molecule has 0 aliphatic heterocycles. The second-order valence-corrected chi connectivity index (χ2v) is 8.34. The fourth-order valence-corrected chi connectivity index (χ4v) is 3.85. The minimum atomic E-state index is -3.57. The van der Waals surface area contributed by atoms with Crippen molar-refractivity contribution in [1.29, 1.82) is 0 Å². The van der Waals surface area contributed by atoms with Crippen molar-refractivity contribution in [2.75, 3.05) is 12.3 Å². The molecule has 0 heterocycles. The summed E-state index contributed by atoms with van der Waals surface area (Å²) in [6, 6.07) is 4.78. The molecule has 0 saturated carbocycles. The summed E-state index contributed by atoms with van der Waals surface area (Å²) in [5.41, 5.74) is 6.03. The number of rotatable bonds is 6. The monoisotopic (exact) mass is 362 g/mol. The molecule has 1 aromatic carbocycles. The van der Waals surface area contributed by atoms with Crippen LogP contribution in [0.2, 0.25) is 0 Å². The van der Waals surface area contributed by atoms with E-state index in [4.69, 9.17) is 5.73 Å². The van der Waals surface area contributed by atoms with E-state index >= 15 is 0 Å². The Morgan fingerprint density at radius 3 is 2.20 bits per heavy atom. The van der Waals surface area contributed by atoms with Crippen molar-refractivity contribution < 1.29 is 8.42 Å². The summed E-state index contributed by atoms with van der Waals surface area (Å²) in [7, 11) is -3.57. The van der Waals surface area contributed by atoms with Gasteiger partial charge in [0.05, 0.1) is 5.69 Å². The van der Waals surface area contributed by atoms with Gasteiger partial charge >= 0.3 is 0 Å². The summed E-state index contributed by atoms with van der Waals surface area (Å²) in [4.78, 5) is 0.131. The zero-order valence-corrected chi connectivity index (χ0v) is 14.8. The van der Waals surface area contributed by atoms with Gasteiger partial charge in [0, 0.05) is 11.0 Å². The number of hydrogen-bond donors (Lipinski definition) is 2. The molecule has 20 heavy (non-hydrogen) atoms. The lowest BCUT2D eigenvalue weighted by molar-refractivity contribution is 0.289. The molecule has 0 aromatic heterocycles. The van der Waals surface area contributed by atoms with Gasteiger partial charge in [-0.15, -0.1) is 0 Å². The second-order valence-electron chi connectivity index (χ2n) is 5.69. The van der Waals surface area contributed by atoms with Crippen molar-refractivity contribution in [3.8, 4) is 0 Å². The fourth-order valence-electron chi connectivity index (χ4n) is 2.29. The van der Waals surface area contributed by atoms with E-state index in [1.807, 2.05) is 0 Å². The van der Waals surface area contributed by atoms with Gasteiger partial charge in [-0.05, 0) is 36.0 Å². The first-order valence-electron chi connectivity index (χ1n) is 6.70. The van der Waals surface area contributed by atoms with E-state index in [0.717, 1.165) is 4.47 Å². The number of hydrogen-bond acceptors (Lipinski definition) is 3. The number of anilines is 1. The lowest BCUT2D eigenvalue weighted by atomic mass is 9.86. The summed E-state index contributed by atoms with van der Waals surface area (Å²) in [6.45, 7) is 8.84. The molecule has 0 unspecified atom stereocenters. The van der Waals surface area contributed by atoms with Crippen LogP contribution in [0.25, 0.3) is 0 Å². The van der Waals surface area contributed by atoms with Gasteiger partial charge in [0.2, 0.25) is 10.0 Å². The summed E-state index contributed by atoms with van der Waals surface area (Å²) in [5, 5.41) is 0. The van der Waals surface area contributed by atoms with Gasteiger partial charge in [0.1, 0.15) is 4.90 Å². The summed E-state index contributed by atoms with van der Waals surface area (Å²) >= 11 is 3.27. The molecule has 4 nitrogen and oxygen atoms in total. The number of nitrogen functional groups attached to an aromatic ring is 1. The maximum atomic E-state index is 12.3. The van der Waals surface area contributed by atoms with Gasteiger partial charge in [-0.3, -0.25) is 0 Å². The highest BCUT2D eigenvalue weighted by Gasteiger charge is 2.22. The summed E-state index contributed by atoms with van der Waals surface area (Å²) in [5.74, 6) is 1.13. The van der Waals surface area contributed by atoms with Crippen LogP contribution in [-0.2, 0) is 10.0 Å². The molecule has 0 aliphatic carbocycles. The first-order chi connectivity index (χ1) is 9.15. The molecule has 114 valence electrons. The van der Waals surface area contributed by atoms with Gasteiger partial charge in [-0.1, -0.05) is 43.6 Å². The van der Waals surface area contributed by atoms with Crippen LogP contribution in [-0.4, -0.2) is 15.0 Å². The summed E-state index contributed by atoms with van der Waals surface area (Å²) < 4.78 is 28.1. The Morgan fingerprint density at radius 1 is 1.20 bits per heavy atom. The maximum Gasteiger partial charge on any atom is 0.242 e. The average Bonchev–Trinajstić information content (AvgIpc) is 2.26. The van der Waals surface area contributed by atoms with Crippen LogP contribution in [0.5, 0.6) is 0 Å². The third-order valence-electron chi connectivity index (χ3n) is 3.48. The average molecular weight is 363 g/mol. The molecule has 0 atom stereocenters. The zero-order valence-electron chi connectivity index (χ0n) is 12.4. The van der Waals surface area contributed by atoms with Gasteiger partial charge < -0.3 is 5.73 Å². The van der Waals surface area contributed by atoms with Crippen molar-refractivity contribution in [1.82, 2.24) is 4.72 Å². The van der Waals surface area contributed by atoms with Gasteiger partial charge in [-0.25, -0.2) is 13.1 Å². The normalized spacial score (nSPS) is 12.6. The van der Waals surface area contributed by atoms with Crippen LogP contribution in [0.4, 0.5) is 5.69 Å². The van der Waals surface area contributed by atoms with E-state index in [1.54, 1.807) is 12.1 Å². The molecular weight excluding hydrogens is 340 g/mol. The van der Waals surface area contributed by atoms with E-state index in [-0.39, 0.29) is 10.6 Å². The standard InChI is InChI=1S/C14H23BrN2O2S/c1-9(2)12(10(3)4)8-17-20(18,19)14-6-5-11(15)7-13(14)16/h5-7,9-10,12,17H,8,16H2,1-4H3. The highest BCUT2D eigenvalue weighted by molar-refractivity contribution is 9.10. The molecule has 0 saturated heterocycles. The molecule has 0 aliphatic rings. The van der Waals surface area contributed by atoms with Crippen molar-refractivity contribution in [2.24, 2.45) is 17.8 Å². The topological polar surface area (TPSA) is 72.2 Å². The number of nitrogens with two attached hydrogens (primary N) is 1. The van der Waals surface area contributed by atoms with E-state index in [2.05, 4.69) is 48.3 Å². The highest BCUT2D eigenvalue weighted by atomic mass is 79.9. The third kappa shape index (κ3) is 4.46. The van der Waals surface area contributed by atoms with Crippen LogP contribution >= 0.6 is 15.9 Å². The number of halogens is 1. The molecule has 1 aromatic rings. The van der Waals surface area contributed by atoms with Crippen molar-refractivity contribution in [3.05, 3.63) is 22.7 Å². The molecule has 0 radical (unpaired) electrons. The minimum absolute atomic E-state index is 0.131. The smallest absolute Gasteiger partial charge is 0.242 e. The Morgan fingerprint density at radius 2 is 1.75 bits per heavy atom. The first-order valence-corrected chi connectivity index (χ1v) is 8.97. The Bertz CT molecular complexity index is 548. The van der Waals surface area contributed by atoms with E-state index < -0.39 is 10.0 Å². The summed E-state index contributed by atoms with van der Waals surface area (Å²) in [6.07, 6.45) is 0. The first kappa shape index (κ1) is 17.5. The predicted molar refractivity (Wildman–Crippen MR) is 86.9 cm³/mol. The Labute approximate surface area is 130 Å². The molecule has 0 amide bonds. The van der Waals surface area contributed by atoms with Gasteiger partial charge in [0.15, 0.2) is 0 Å². The van der Waals surface area contributed by atoms with Gasteiger partial charge in [0.25, 0.3) is 0 Å². The quantitative estimate of drug-likeness (QED) is 0.762. The molecule has 1 rings (SSSR count). The zero-order chi connectivity index (χ0) is 15.5. The van der Waals surface area contributed by atoms with Crippen molar-refractivity contribution in [2.45, 2.75) is 32.6 Å². The Hall–Kier alpha value is -0.590. The molecule has 0 fully saturated rings. The van der Waals surface area contributed by atoms with E-state index in [1.165, 1.54) is 6.07 Å². The molecule has 3 N–H and O–H groups in total. The van der Waals surface area contributed by atoms with Gasteiger partial charge in [-0.2, -0.15) is 0 Å². The minimum Gasteiger partial charge on any atom is -0.398 e. The number of benzene rings is 1. The highest BCUT2D eigenvalue weighted by Crippen LogP contribution is 2.24. The maximum absolute atomic E-state index is 12.3. The largest absolute Gasteiger partial charge is 0.398 e. The SMILES string of the molecule is CC(C)C(CNS(=O)(=O)c1ccc(Br)cc1N)C(C)C. The number of sulfonamides is 1. The van der Waals surface area contributed by atoms with E-state index in [9.17, 15) is 8.42 Å². The lowest BCUT2D eigenvalue weighted by Gasteiger charge is -2.25. The van der Waals surface area contributed by atoms with Crippen LogP contribution in [0.3, 0.4) is 0 Å². The van der Waals surface area contributed by atoms with Crippen LogP contribution in [0.1, 0.15) is 27.7 Å². The van der Waals surface area contributed by atoms with Crippen molar-refractivity contribution in [3.63, 3.8) is 0 Å². The van der Waals surface area contributed by atoms with Crippen LogP contribution in [0.15, 0.2) is 27.6 Å². The van der Waals surface area contributed by atoms with Crippen LogP contribution < -0.4 is 10.5 Å². The fraction of sp³-hybridized carbons (Fsp3) is 0.571. The second kappa shape index (κ2) is 6.91. The number of nitrogens with one attached hydrogen (secondary N) is 1. The molecule has 0 bridgehead atoms. The third-order valence-corrected chi connectivity index (χ3v) is 5.47. The molecule has 6 heteroatoms. The van der Waals surface area contributed by atoms with Crippen LogP contribution in [0, 0.1) is 17.8 Å². The lowest BCUT2D eigenvalue weighted by Crippen LogP contribution is -2.34.